The van der Waals surface area contributed by atoms with Gasteiger partial charge in [-0.3, -0.25) is 0 Å². The highest BCUT2D eigenvalue weighted by atomic mass is 16.5. The van der Waals surface area contributed by atoms with Crippen LogP contribution >= 0.6 is 0 Å². The zero-order valence-electron chi connectivity index (χ0n) is 92.7. The molecule has 4 heteroatoms. The van der Waals surface area contributed by atoms with E-state index in [4.69, 9.17) is 9.47 Å². The van der Waals surface area contributed by atoms with Crippen LogP contribution in [-0.4, -0.2) is 13.0 Å². The molecule has 0 saturated heterocycles. The Bertz CT molecular complexity index is 6490. The summed E-state index contributed by atoms with van der Waals surface area (Å²) in [7, 11) is 2.09. The van der Waals surface area contributed by atoms with Crippen LogP contribution in [0.2, 0.25) is 0 Å². The van der Waals surface area contributed by atoms with Crippen molar-refractivity contribution in [3.05, 3.63) is 565 Å². The summed E-state index contributed by atoms with van der Waals surface area (Å²) in [5.41, 5.74) is 42.3. The van der Waals surface area contributed by atoms with Crippen LogP contribution in [0.1, 0.15) is 210 Å². The highest BCUT2D eigenvalue weighted by Crippen LogP contribution is 2.41. The van der Waals surface area contributed by atoms with Crippen LogP contribution < -0.4 is 14.4 Å². The summed E-state index contributed by atoms with van der Waals surface area (Å²) in [5.74, 6) is 5.59. The number of esters is 1. The molecule has 2 fully saturated rings. The zero-order chi connectivity index (χ0) is 106. The van der Waals surface area contributed by atoms with E-state index in [2.05, 4.69) is 490 Å². The van der Waals surface area contributed by atoms with E-state index in [1.54, 1.807) is 24.3 Å². The fourth-order valence-corrected chi connectivity index (χ4v) is 17.0. The summed E-state index contributed by atoms with van der Waals surface area (Å²) >= 11 is 0. The third-order valence-corrected chi connectivity index (χ3v) is 27.0. The summed E-state index contributed by atoms with van der Waals surface area (Å²) in [4.78, 5) is 14.0. The maximum absolute atomic E-state index is 11.8. The molecule has 0 N–H and O–H groups in total. The van der Waals surface area contributed by atoms with Crippen molar-refractivity contribution in [3.63, 3.8) is 0 Å². The molecule has 0 bridgehead atoms. The van der Waals surface area contributed by atoms with E-state index in [0.717, 1.165) is 46.3 Å². The third kappa shape index (κ3) is 41.9. The number of hydrogen-bond acceptors (Lipinski definition) is 4. The standard InChI is InChI=1S/C20H24.C20H18.C15H17N.C15H14O2.C14H14O.2C14H14.C8H16.3C8H10/c2*1-15-3-7-17(8-4-15)19-11-13-20(14-12-19)18-9-5-16(2)6-10-18;1-12-4-8-14(9-5-12)16(3)15-10-6-13(2)7-11-15;1-11-3-7-13(8-4-11)15(16)17-14-9-5-12(2)6-10-14;1-11-3-7-13(8-4-11)15-14-9-5-12(2)6-10-14;1-11-3-7-13(8-4-11)14-9-5-12(2)6-10-14;1-11-5-3-7-13(9-11)14-8-4-6-12(2)10-14;2*1-7-3-5-8(2)6-4-7;1-7-4-3-5-8(2)6-7;1-7-5-3-4-6-8(7)2/h3-10,19-20H,11-14H2,1-2H3;3-14H,1-2H3;4-11H,1-3H3;3-10H,1-2H3;3-10H,1-2H3;2*3-10H,1-2H3;7-8H,3-6H2,1-2H3;3*3-6H,1-2H3. The Hall–Kier alpha value is -15.0. The quantitative estimate of drug-likeness (QED) is 0.0903. The van der Waals surface area contributed by atoms with Gasteiger partial charge in [0.1, 0.15) is 17.2 Å². The lowest BCUT2D eigenvalue weighted by atomic mass is 9.76. The molecule has 0 aliphatic heterocycles. The zero-order valence-corrected chi connectivity index (χ0v) is 92.7. The Balaban J connectivity index is 0.000000169. The lowest BCUT2D eigenvalue weighted by molar-refractivity contribution is 0.0734. The molecule has 0 spiro atoms. The fraction of sp³-hybridized carbons (Fsp3) is 0.243. The molecule has 2 saturated carbocycles. The van der Waals surface area contributed by atoms with Crippen molar-refractivity contribution in [1.29, 1.82) is 0 Å². The summed E-state index contributed by atoms with van der Waals surface area (Å²) in [6.07, 6.45) is 11.2. The van der Waals surface area contributed by atoms with Gasteiger partial charge < -0.3 is 14.4 Å². The first-order valence-electron chi connectivity index (χ1n) is 53.0. The second-order valence-electron chi connectivity index (χ2n) is 40.9. The smallest absolute Gasteiger partial charge is 0.343 e. The fourth-order valence-electron chi connectivity index (χ4n) is 17.0. The minimum absolute atomic E-state index is 0.325. The first-order valence-corrected chi connectivity index (χ1v) is 53.0. The van der Waals surface area contributed by atoms with E-state index < -0.39 is 0 Å². The number of ether oxygens (including phenoxy) is 2. The molecule has 2 aliphatic carbocycles. The maximum Gasteiger partial charge on any atom is 0.343 e. The molecule has 0 atom stereocenters. The van der Waals surface area contributed by atoms with Gasteiger partial charge in [-0.15, -0.1) is 0 Å². The van der Waals surface area contributed by atoms with Crippen molar-refractivity contribution in [1.82, 2.24) is 0 Å². The first kappa shape index (κ1) is 115. The second-order valence-corrected chi connectivity index (χ2v) is 40.9. The van der Waals surface area contributed by atoms with Gasteiger partial charge in [-0.1, -0.05) is 504 Å². The molecule has 2 aliphatic rings. The van der Waals surface area contributed by atoms with Crippen LogP contribution in [0.15, 0.2) is 437 Å². The molecule has 760 valence electrons. The Morgan fingerprint density at radius 1 is 0.203 bits per heavy atom. The average Bonchev–Trinajstić information content (AvgIpc) is 0.828. The SMILES string of the molecule is CC1CCC(C)CC1.Cc1ccc(-c2ccc(-c3ccc(C)cc3)cc2)cc1.Cc1ccc(-c2ccc(C)cc2)cc1.Cc1ccc(C)cc1.Cc1ccc(C2CCC(c3ccc(C)cc3)CC2)cc1.Cc1ccc(N(C)c2ccc(C)cc2)cc1.Cc1ccc(OC(=O)c2ccc(C)cc2)cc1.Cc1ccc(Oc2ccc(C)cc2)cc1.Cc1cccc(-c2cccc(C)c2)c1.Cc1cccc(C)c1.Cc1ccccc1C. The molecular weight excluding hydrogens is 1790 g/mol. The number of rotatable bonds is 12. The van der Waals surface area contributed by atoms with Gasteiger partial charge in [0.05, 0.1) is 5.56 Å². The molecule has 0 aromatic heterocycles. The number of carbonyl (C=O) groups excluding carboxylic acids is 1. The number of aryl methyl sites for hydroxylation is 20. The van der Waals surface area contributed by atoms with Gasteiger partial charge in [-0.25, -0.2) is 4.79 Å². The van der Waals surface area contributed by atoms with Gasteiger partial charge in [-0.05, 0) is 327 Å². The van der Waals surface area contributed by atoms with E-state index in [-0.39, 0.29) is 5.97 Å². The molecule has 0 heterocycles. The van der Waals surface area contributed by atoms with E-state index in [1.807, 2.05) is 86.6 Å². The van der Waals surface area contributed by atoms with E-state index in [9.17, 15) is 4.79 Å². The van der Waals surface area contributed by atoms with Crippen molar-refractivity contribution >= 4 is 17.3 Å². The Morgan fingerprint density at radius 2 is 0.412 bits per heavy atom. The molecule has 0 radical (unpaired) electrons. The number of anilines is 2. The molecule has 0 amide bonds. The minimum atomic E-state index is -0.325. The largest absolute Gasteiger partial charge is 0.457 e. The summed E-state index contributed by atoms with van der Waals surface area (Å²) < 4.78 is 10.9. The highest BCUT2D eigenvalue weighted by Gasteiger charge is 2.24. The molecular formula is C144H161NO3. The van der Waals surface area contributed by atoms with Crippen LogP contribution in [0.3, 0.4) is 0 Å². The summed E-state index contributed by atoms with van der Waals surface area (Å²) in [5, 5.41) is 0. The van der Waals surface area contributed by atoms with Crippen LogP contribution in [-0.2, 0) is 0 Å². The number of nitrogens with zero attached hydrogens (tertiary/aromatic N) is 1. The van der Waals surface area contributed by atoms with Crippen molar-refractivity contribution < 1.29 is 14.3 Å². The average molecular weight is 1950 g/mol. The van der Waals surface area contributed by atoms with Gasteiger partial charge >= 0.3 is 5.97 Å². The van der Waals surface area contributed by atoms with Gasteiger partial charge in [0, 0.05) is 18.4 Å². The normalized spacial score (nSPS) is 13.3. The van der Waals surface area contributed by atoms with Gasteiger partial charge in [0.25, 0.3) is 0 Å². The first-order chi connectivity index (χ1) is 71.2. The molecule has 18 aromatic rings. The third-order valence-electron chi connectivity index (χ3n) is 27.0. The molecule has 18 aromatic carbocycles. The lowest BCUT2D eigenvalue weighted by Gasteiger charge is -2.29. The monoisotopic (exact) mass is 1950 g/mol. The Kier molecular flexibility index (Phi) is 47.3. The predicted molar refractivity (Wildman–Crippen MR) is 641 cm³/mol. The van der Waals surface area contributed by atoms with Crippen LogP contribution in [0.5, 0.6) is 17.2 Å². The van der Waals surface area contributed by atoms with Crippen LogP contribution in [0.25, 0.3) is 44.5 Å². The minimum Gasteiger partial charge on any atom is -0.457 e. The summed E-state index contributed by atoms with van der Waals surface area (Å²) in [6.45, 7) is 46.7. The molecule has 0 unspecified atom stereocenters. The number of hydrogen-bond donors (Lipinski definition) is 0. The topological polar surface area (TPSA) is 38.8 Å². The lowest BCUT2D eigenvalue weighted by Crippen LogP contribution is -2.12. The molecule has 20 rings (SSSR count). The molecule has 4 nitrogen and oxygen atoms in total. The van der Waals surface area contributed by atoms with Gasteiger partial charge in [0.15, 0.2) is 0 Å². The highest BCUT2D eigenvalue weighted by molar-refractivity contribution is 5.91. The summed E-state index contributed by atoms with van der Waals surface area (Å²) in [6, 6.07) is 152. The van der Waals surface area contributed by atoms with E-state index in [1.165, 1.54) is 219 Å². The van der Waals surface area contributed by atoms with Crippen LogP contribution in [0, 0.1) is 150 Å². The predicted octanol–water partition coefficient (Wildman–Crippen LogP) is 40.8. The Labute approximate surface area is 891 Å². The second kappa shape index (κ2) is 60.8. The number of benzene rings is 18. The maximum atomic E-state index is 11.8. The van der Waals surface area contributed by atoms with Crippen LogP contribution in [0.4, 0.5) is 11.4 Å². The van der Waals surface area contributed by atoms with Crippen molar-refractivity contribution in [2.24, 2.45) is 11.8 Å². The van der Waals surface area contributed by atoms with Crippen molar-refractivity contribution in [3.8, 4) is 61.8 Å². The van der Waals surface area contributed by atoms with Gasteiger partial charge in [0.2, 0.25) is 0 Å². The van der Waals surface area contributed by atoms with E-state index in [0.29, 0.717) is 11.3 Å². The van der Waals surface area contributed by atoms with Crippen molar-refractivity contribution in [2.45, 2.75) is 216 Å². The van der Waals surface area contributed by atoms with E-state index >= 15 is 0 Å². The van der Waals surface area contributed by atoms with Crippen molar-refractivity contribution in [2.75, 3.05) is 11.9 Å². The number of carbonyl (C=O) groups is 1. The molecule has 148 heavy (non-hydrogen) atoms. The Morgan fingerprint density at radius 3 is 0.655 bits per heavy atom. The van der Waals surface area contributed by atoms with Gasteiger partial charge in [-0.2, -0.15) is 0 Å².